The van der Waals surface area contributed by atoms with Gasteiger partial charge < -0.3 is 23.4 Å². The Kier molecular flexibility index (Phi) is 7.61. The van der Waals surface area contributed by atoms with Crippen LogP contribution in [0.25, 0.3) is 0 Å². The lowest BCUT2D eigenvalue weighted by atomic mass is 9.82. The molecule has 0 saturated carbocycles. The lowest BCUT2D eigenvalue weighted by Gasteiger charge is -2.50. The highest BCUT2D eigenvalue weighted by molar-refractivity contribution is 6.74. The minimum atomic E-state index is -2.05. The van der Waals surface area contributed by atoms with Crippen LogP contribution in [0.1, 0.15) is 47.5 Å². The molecule has 0 aliphatic carbocycles. The molecule has 0 aromatic carbocycles. The number of hydrogen-bond donors (Lipinski definition) is 0. The SMILES string of the molecule is COC(=O)C[C@]1(OC)C[C@H](O[Si](C)(C)C(C)(C)C)[C@@H](C)[C@H]([C@H](C)C=O)O1. The molecule has 6 nitrogen and oxygen atoms in total. The molecule has 1 rings (SSSR count). The van der Waals surface area contributed by atoms with Crippen LogP contribution < -0.4 is 0 Å². The molecule has 0 unspecified atom stereocenters. The van der Waals surface area contributed by atoms with Crippen molar-refractivity contribution in [3.05, 3.63) is 0 Å². The summed E-state index contributed by atoms with van der Waals surface area (Å²) in [6.07, 6.45) is 0.719. The molecule has 152 valence electrons. The van der Waals surface area contributed by atoms with Crippen LogP contribution in [0.4, 0.5) is 0 Å². The fourth-order valence-electron chi connectivity index (χ4n) is 3.08. The zero-order valence-electron chi connectivity index (χ0n) is 17.8. The molecule has 1 aliphatic rings. The number of hydrogen-bond acceptors (Lipinski definition) is 6. The first-order chi connectivity index (χ1) is 11.8. The Morgan fingerprint density at radius 2 is 1.92 bits per heavy atom. The highest BCUT2D eigenvalue weighted by Crippen LogP contribution is 2.44. The summed E-state index contributed by atoms with van der Waals surface area (Å²) in [6, 6.07) is 0. The van der Waals surface area contributed by atoms with Crippen molar-refractivity contribution in [1.82, 2.24) is 0 Å². The van der Waals surface area contributed by atoms with Crippen LogP contribution >= 0.6 is 0 Å². The number of carbonyl (C=O) groups is 2. The van der Waals surface area contributed by atoms with Crippen LogP contribution in [-0.2, 0) is 28.2 Å². The fourth-order valence-corrected chi connectivity index (χ4v) is 4.49. The molecule has 0 aromatic heterocycles. The zero-order chi connectivity index (χ0) is 20.3. The van der Waals surface area contributed by atoms with Crippen molar-refractivity contribution in [2.45, 2.75) is 83.6 Å². The van der Waals surface area contributed by atoms with Crippen LogP contribution in [0.3, 0.4) is 0 Å². The third-order valence-corrected chi connectivity index (χ3v) is 10.5. The van der Waals surface area contributed by atoms with E-state index in [4.69, 9.17) is 18.6 Å². The van der Waals surface area contributed by atoms with Gasteiger partial charge in [0.15, 0.2) is 14.1 Å². The summed E-state index contributed by atoms with van der Waals surface area (Å²) in [4.78, 5) is 23.4. The predicted octanol–water partition coefficient (Wildman–Crippen LogP) is 3.54. The molecule has 1 fully saturated rings. The number of carbonyl (C=O) groups excluding carboxylic acids is 2. The van der Waals surface area contributed by atoms with Crippen LogP contribution in [0.15, 0.2) is 0 Å². The molecule has 5 atom stereocenters. The molecule has 0 bridgehead atoms. The molecule has 0 aromatic rings. The van der Waals surface area contributed by atoms with Crippen molar-refractivity contribution >= 4 is 20.6 Å². The van der Waals surface area contributed by atoms with Crippen molar-refractivity contribution in [1.29, 1.82) is 0 Å². The second kappa shape index (κ2) is 8.50. The van der Waals surface area contributed by atoms with Gasteiger partial charge in [-0.2, -0.15) is 0 Å². The molecule has 0 amide bonds. The zero-order valence-corrected chi connectivity index (χ0v) is 18.8. The Hall–Kier alpha value is -0.763. The summed E-state index contributed by atoms with van der Waals surface area (Å²) < 4.78 is 23.3. The van der Waals surface area contributed by atoms with Gasteiger partial charge in [-0.05, 0) is 18.1 Å². The van der Waals surface area contributed by atoms with E-state index < -0.39 is 20.1 Å². The first kappa shape index (κ1) is 23.3. The van der Waals surface area contributed by atoms with Gasteiger partial charge in [-0.25, -0.2) is 0 Å². The Bertz CT molecular complexity index is 501. The molecule has 0 N–H and O–H groups in total. The fraction of sp³-hybridized carbons (Fsp3) is 0.895. The molecule has 1 heterocycles. The molecule has 26 heavy (non-hydrogen) atoms. The standard InChI is InChI=1S/C19H36O6Si/c1-13(12-20)17-14(2)15(25-26(8,9)18(3,4)5)10-19(23-7,24-17)11-16(21)22-6/h12-15,17H,10-11H2,1-9H3/t13-,14-,15+,17+,19+/m1/s1. The van der Waals surface area contributed by atoms with Crippen LogP contribution in [-0.4, -0.2) is 52.8 Å². The van der Waals surface area contributed by atoms with Gasteiger partial charge in [0, 0.05) is 25.4 Å². The minimum absolute atomic E-state index is 0.00486. The summed E-state index contributed by atoms with van der Waals surface area (Å²) in [5.74, 6) is -1.88. The van der Waals surface area contributed by atoms with Gasteiger partial charge in [0.05, 0.1) is 25.7 Å². The van der Waals surface area contributed by atoms with Gasteiger partial charge in [-0.1, -0.05) is 34.6 Å². The van der Waals surface area contributed by atoms with Gasteiger partial charge in [-0.15, -0.1) is 0 Å². The first-order valence-electron chi connectivity index (χ1n) is 9.25. The predicted molar refractivity (Wildman–Crippen MR) is 102 cm³/mol. The number of ether oxygens (including phenoxy) is 3. The van der Waals surface area contributed by atoms with Gasteiger partial charge in [0.2, 0.25) is 0 Å². The average molecular weight is 389 g/mol. The normalized spacial score (nSPS) is 31.3. The molecule has 0 radical (unpaired) electrons. The quantitative estimate of drug-likeness (QED) is 0.377. The van der Waals surface area contributed by atoms with Gasteiger partial charge >= 0.3 is 5.97 Å². The lowest BCUT2D eigenvalue weighted by molar-refractivity contribution is -0.304. The van der Waals surface area contributed by atoms with Crippen molar-refractivity contribution in [3.63, 3.8) is 0 Å². The maximum absolute atomic E-state index is 11.9. The Morgan fingerprint density at radius 3 is 2.35 bits per heavy atom. The molecule has 0 spiro atoms. The molecule has 7 heteroatoms. The van der Waals surface area contributed by atoms with E-state index >= 15 is 0 Å². The van der Waals surface area contributed by atoms with Crippen molar-refractivity contribution < 1.29 is 28.2 Å². The van der Waals surface area contributed by atoms with Gasteiger partial charge in [0.1, 0.15) is 6.29 Å². The van der Waals surface area contributed by atoms with Gasteiger partial charge in [-0.3, -0.25) is 4.79 Å². The smallest absolute Gasteiger partial charge is 0.310 e. The third kappa shape index (κ3) is 5.15. The Balaban J connectivity index is 3.21. The number of rotatable bonds is 7. The van der Waals surface area contributed by atoms with E-state index in [-0.39, 0.29) is 35.5 Å². The van der Waals surface area contributed by atoms with Crippen LogP contribution in [0.5, 0.6) is 0 Å². The summed E-state index contributed by atoms with van der Waals surface area (Å²) in [7, 11) is 0.811. The molecular weight excluding hydrogens is 352 g/mol. The molecule has 1 aliphatic heterocycles. The largest absolute Gasteiger partial charge is 0.469 e. The lowest BCUT2D eigenvalue weighted by Crippen LogP contribution is -2.58. The van der Waals surface area contributed by atoms with Crippen LogP contribution in [0, 0.1) is 11.8 Å². The molecule has 1 saturated heterocycles. The van der Waals surface area contributed by atoms with E-state index in [1.54, 1.807) is 0 Å². The third-order valence-electron chi connectivity index (χ3n) is 5.97. The molecular formula is C19H36O6Si. The van der Waals surface area contributed by atoms with E-state index in [2.05, 4.69) is 33.9 Å². The Morgan fingerprint density at radius 1 is 1.35 bits per heavy atom. The van der Waals surface area contributed by atoms with Gasteiger partial charge in [0.25, 0.3) is 0 Å². The van der Waals surface area contributed by atoms with E-state index in [1.165, 1.54) is 14.2 Å². The summed E-state index contributed by atoms with van der Waals surface area (Å²) in [6.45, 7) is 14.8. The number of methoxy groups -OCH3 is 2. The summed E-state index contributed by atoms with van der Waals surface area (Å²) >= 11 is 0. The first-order valence-corrected chi connectivity index (χ1v) is 12.2. The highest BCUT2D eigenvalue weighted by Gasteiger charge is 2.51. The van der Waals surface area contributed by atoms with E-state index in [0.717, 1.165) is 6.29 Å². The second-order valence-electron chi connectivity index (χ2n) is 8.93. The monoisotopic (exact) mass is 388 g/mol. The highest BCUT2D eigenvalue weighted by atomic mass is 28.4. The summed E-state index contributed by atoms with van der Waals surface area (Å²) in [5, 5.41) is 0.0505. The van der Waals surface area contributed by atoms with E-state index in [9.17, 15) is 9.59 Å². The van der Waals surface area contributed by atoms with E-state index in [0.29, 0.717) is 6.42 Å². The Labute approximate surface area is 159 Å². The number of esters is 1. The summed E-state index contributed by atoms with van der Waals surface area (Å²) in [5.41, 5.74) is 0. The van der Waals surface area contributed by atoms with Crippen molar-refractivity contribution in [2.75, 3.05) is 14.2 Å². The maximum Gasteiger partial charge on any atom is 0.310 e. The van der Waals surface area contributed by atoms with Crippen LogP contribution in [0.2, 0.25) is 18.1 Å². The van der Waals surface area contributed by atoms with E-state index in [1.807, 2.05) is 13.8 Å². The topological polar surface area (TPSA) is 71.1 Å². The average Bonchev–Trinajstić information content (AvgIpc) is 2.55. The minimum Gasteiger partial charge on any atom is -0.469 e. The second-order valence-corrected chi connectivity index (χ2v) is 13.7. The number of aldehydes is 1. The maximum atomic E-state index is 11.9. The van der Waals surface area contributed by atoms with Crippen molar-refractivity contribution in [2.24, 2.45) is 11.8 Å². The van der Waals surface area contributed by atoms with Crippen molar-refractivity contribution in [3.8, 4) is 0 Å².